The minimum Gasteiger partial charge on any atom is -0.454 e. The van der Waals surface area contributed by atoms with E-state index in [9.17, 15) is 9.59 Å². The van der Waals surface area contributed by atoms with Gasteiger partial charge in [0.1, 0.15) is 0 Å². The predicted octanol–water partition coefficient (Wildman–Crippen LogP) is 3.99. The molecule has 172 valence electrons. The Hall–Kier alpha value is -2.95. The quantitative estimate of drug-likeness (QED) is 0.443. The third kappa shape index (κ3) is 5.52. The van der Waals surface area contributed by atoms with Crippen LogP contribution in [0.4, 0.5) is 5.69 Å². The maximum Gasteiger partial charge on any atom is 0.251 e. The SMILES string of the molecule is CCn1c(CNC(=O)c2ccc3c(c2)OCO3)nnc1SCC(=O)Nc1cc(Cl)ccc1Cl. The van der Waals surface area contributed by atoms with Gasteiger partial charge in [0.25, 0.3) is 5.91 Å². The van der Waals surface area contributed by atoms with Crippen molar-refractivity contribution in [3.63, 3.8) is 0 Å². The van der Waals surface area contributed by atoms with Crippen LogP contribution >= 0.6 is 35.0 Å². The molecule has 2 amide bonds. The average molecular weight is 508 g/mol. The zero-order valence-corrected chi connectivity index (χ0v) is 19.8. The number of carbonyl (C=O) groups is 2. The van der Waals surface area contributed by atoms with E-state index in [1.54, 1.807) is 36.4 Å². The summed E-state index contributed by atoms with van der Waals surface area (Å²) in [4.78, 5) is 24.9. The number of hydrogen-bond acceptors (Lipinski definition) is 7. The molecule has 1 aromatic heterocycles. The highest BCUT2D eigenvalue weighted by Crippen LogP contribution is 2.32. The topological polar surface area (TPSA) is 107 Å². The van der Waals surface area contributed by atoms with Crippen LogP contribution < -0.4 is 20.1 Å². The molecule has 4 rings (SSSR count). The van der Waals surface area contributed by atoms with E-state index in [1.165, 1.54) is 11.8 Å². The molecule has 2 N–H and O–H groups in total. The standard InChI is InChI=1S/C21H19Cl2N5O4S/c1-2-28-18(9-24-20(30)12-3-6-16-17(7-12)32-11-31-16)26-27-21(28)33-10-19(29)25-15-8-13(22)4-5-14(15)23/h3-8H,2,9-11H2,1H3,(H,24,30)(H,25,29). The van der Waals surface area contributed by atoms with E-state index in [4.69, 9.17) is 32.7 Å². The van der Waals surface area contributed by atoms with Crippen LogP contribution in [0, 0.1) is 0 Å². The van der Waals surface area contributed by atoms with Gasteiger partial charge in [-0.25, -0.2) is 0 Å². The molecule has 2 aromatic carbocycles. The van der Waals surface area contributed by atoms with Crippen molar-refractivity contribution in [1.82, 2.24) is 20.1 Å². The molecule has 0 saturated carbocycles. The predicted molar refractivity (Wildman–Crippen MR) is 125 cm³/mol. The maximum absolute atomic E-state index is 12.5. The zero-order valence-electron chi connectivity index (χ0n) is 17.4. The Morgan fingerprint density at radius 1 is 1.12 bits per heavy atom. The summed E-state index contributed by atoms with van der Waals surface area (Å²) in [6.45, 7) is 2.83. The third-order valence-corrected chi connectivity index (χ3v) is 6.22. The summed E-state index contributed by atoms with van der Waals surface area (Å²) < 4.78 is 12.4. The van der Waals surface area contributed by atoms with E-state index in [0.717, 1.165) is 0 Å². The first-order valence-electron chi connectivity index (χ1n) is 9.92. The minimum absolute atomic E-state index is 0.102. The van der Waals surface area contributed by atoms with E-state index >= 15 is 0 Å². The highest BCUT2D eigenvalue weighted by molar-refractivity contribution is 7.99. The Kier molecular flexibility index (Phi) is 7.26. The van der Waals surface area contributed by atoms with Crippen LogP contribution in [0.3, 0.4) is 0 Å². The van der Waals surface area contributed by atoms with Gasteiger partial charge in [0.2, 0.25) is 12.7 Å². The fraction of sp³-hybridized carbons (Fsp3) is 0.238. The average Bonchev–Trinajstić information content (AvgIpc) is 3.44. The number of benzene rings is 2. The number of fused-ring (bicyclic) bond motifs is 1. The molecule has 12 heteroatoms. The molecular weight excluding hydrogens is 489 g/mol. The minimum atomic E-state index is -0.272. The summed E-state index contributed by atoms with van der Waals surface area (Å²) in [7, 11) is 0. The summed E-state index contributed by atoms with van der Waals surface area (Å²) in [5.41, 5.74) is 0.895. The highest BCUT2D eigenvalue weighted by atomic mass is 35.5. The van der Waals surface area contributed by atoms with Crippen LogP contribution in [0.2, 0.25) is 10.0 Å². The molecule has 0 atom stereocenters. The number of carbonyl (C=O) groups excluding carboxylic acids is 2. The van der Waals surface area contributed by atoms with Crippen molar-refractivity contribution in [3.8, 4) is 11.5 Å². The van der Waals surface area contributed by atoms with Crippen molar-refractivity contribution in [3.05, 3.63) is 57.8 Å². The number of nitrogens with zero attached hydrogens (tertiary/aromatic N) is 3. The summed E-state index contributed by atoms with van der Waals surface area (Å²) in [5, 5.41) is 15.3. The second kappa shape index (κ2) is 10.3. The number of hydrogen-bond donors (Lipinski definition) is 2. The van der Waals surface area contributed by atoms with Crippen molar-refractivity contribution in [2.24, 2.45) is 0 Å². The Morgan fingerprint density at radius 3 is 2.76 bits per heavy atom. The van der Waals surface area contributed by atoms with E-state index in [0.29, 0.717) is 50.3 Å². The summed E-state index contributed by atoms with van der Waals surface area (Å²) in [5.74, 6) is 1.30. The second-order valence-corrected chi connectivity index (χ2v) is 8.64. The fourth-order valence-corrected chi connectivity index (χ4v) is 4.24. The smallest absolute Gasteiger partial charge is 0.251 e. The van der Waals surface area contributed by atoms with Crippen molar-refractivity contribution >= 4 is 52.5 Å². The van der Waals surface area contributed by atoms with Crippen molar-refractivity contribution in [2.45, 2.75) is 25.2 Å². The molecule has 2 heterocycles. The van der Waals surface area contributed by atoms with Crippen molar-refractivity contribution in [1.29, 1.82) is 0 Å². The molecule has 0 radical (unpaired) electrons. The fourth-order valence-electron chi connectivity index (χ4n) is 3.08. The van der Waals surface area contributed by atoms with Crippen LogP contribution in [0.5, 0.6) is 11.5 Å². The van der Waals surface area contributed by atoms with Gasteiger partial charge in [-0.3, -0.25) is 9.59 Å². The van der Waals surface area contributed by atoms with Gasteiger partial charge in [-0.1, -0.05) is 35.0 Å². The van der Waals surface area contributed by atoms with Crippen molar-refractivity contribution in [2.75, 3.05) is 17.9 Å². The summed E-state index contributed by atoms with van der Waals surface area (Å²) in [6, 6.07) is 9.84. The molecular formula is C21H19Cl2N5O4S. The van der Waals surface area contributed by atoms with Gasteiger partial charge in [-0.2, -0.15) is 0 Å². The summed E-state index contributed by atoms with van der Waals surface area (Å²) >= 11 is 13.3. The lowest BCUT2D eigenvalue weighted by Crippen LogP contribution is -2.24. The normalized spacial score (nSPS) is 12.0. The van der Waals surface area contributed by atoms with E-state index in [1.807, 2.05) is 11.5 Å². The molecule has 0 fully saturated rings. The zero-order chi connectivity index (χ0) is 23.4. The van der Waals surface area contributed by atoms with Crippen LogP contribution in [0.1, 0.15) is 23.1 Å². The monoisotopic (exact) mass is 507 g/mol. The highest BCUT2D eigenvalue weighted by Gasteiger charge is 2.18. The first-order valence-corrected chi connectivity index (χ1v) is 11.7. The number of anilines is 1. The first kappa shape index (κ1) is 23.2. The Bertz CT molecular complexity index is 1200. The van der Waals surface area contributed by atoms with Gasteiger partial charge in [0.05, 0.1) is 23.0 Å². The number of nitrogens with one attached hydrogen (secondary N) is 2. The molecule has 0 bridgehead atoms. The summed E-state index contributed by atoms with van der Waals surface area (Å²) in [6.07, 6.45) is 0. The molecule has 1 aliphatic rings. The number of ether oxygens (including phenoxy) is 2. The molecule has 3 aromatic rings. The number of halogens is 2. The Morgan fingerprint density at radius 2 is 1.94 bits per heavy atom. The molecule has 0 unspecified atom stereocenters. The number of aromatic nitrogens is 3. The number of rotatable bonds is 8. The lowest BCUT2D eigenvalue weighted by molar-refractivity contribution is -0.113. The lowest BCUT2D eigenvalue weighted by atomic mass is 10.2. The Labute approximate surface area is 203 Å². The molecule has 0 aliphatic carbocycles. The van der Waals surface area contributed by atoms with Crippen LogP contribution in [0.15, 0.2) is 41.6 Å². The van der Waals surface area contributed by atoms with Crippen molar-refractivity contribution < 1.29 is 19.1 Å². The van der Waals surface area contributed by atoms with Gasteiger partial charge in [0, 0.05) is 17.1 Å². The van der Waals surface area contributed by atoms with Crippen LogP contribution in [-0.2, 0) is 17.9 Å². The first-order chi connectivity index (χ1) is 15.9. The molecule has 1 aliphatic heterocycles. The maximum atomic E-state index is 12.5. The van der Waals surface area contributed by atoms with Crippen LogP contribution in [0.25, 0.3) is 0 Å². The molecule has 9 nitrogen and oxygen atoms in total. The van der Waals surface area contributed by atoms with Crippen LogP contribution in [-0.4, -0.2) is 39.1 Å². The van der Waals surface area contributed by atoms with Gasteiger partial charge in [-0.15, -0.1) is 10.2 Å². The van der Waals surface area contributed by atoms with E-state index in [2.05, 4.69) is 20.8 Å². The molecule has 0 spiro atoms. The third-order valence-electron chi connectivity index (χ3n) is 4.69. The van der Waals surface area contributed by atoms with E-state index in [-0.39, 0.29) is 30.9 Å². The van der Waals surface area contributed by atoms with Gasteiger partial charge in [-0.05, 0) is 43.3 Å². The van der Waals surface area contributed by atoms with Gasteiger partial charge >= 0.3 is 0 Å². The number of thioether (sulfide) groups is 1. The van der Waals surface area contributed by atoms with Gasteiger partial charge in [0.15, 0.2) is 22.5 Å². The second-order valence-electron chi connectivity index (χ2n) is 6.85. The van der Waals surface area contributed by atoms with Gasteiger partial charge < -0.3 is 24.7 Å². The largest absolute Gasteiger partial charge is 0.454 e. The van der Waals surface area contributed by atoms with E-state index < -0.39 is 0 Å². The number of amides is 2. The molecule has 0 saturated heterocycles. The lowest BCUT2D eigenvalue weighted by Gasteiger charge is -2.10. The molecule has 33 heavy (non-hydrogen) atoms. The Balaban J connectivity index is 1.34.